The maximum atomic E-state index is 12.8. The first-order chi connectivity index (χ1) is 13.0. The van der Waals surface area contributed by atoms with Crippen LogP contribution in [0.3, 0.4) is 0 Å². The normalized spacial score (nSPS) is 19.3. The molecule has 142 valence electrons. The van der Waals surface area contributed by atoms with Crippen molar-refractivity contribution in [2.24, 2.45) is 0 Å². The molecule has 0 saturated heterocycles. The number of nitrogens with one attached hydrogen (secondary N) is 1. The van der Waals surface area contributed by atoms with Gasteiger partial charge in [-0.1, -0.05) is 18.7 Å². The lowest BCUT2D eigenvalue weighted by atomic mass is 9.75. The summed E-state index contributed by atoms with van der Waals surface area (Å²) >= 11 is 0. The summed E-state index contributed by atoms with van der Waals surface area (Å²) in [5, 5.41) is 13.2. The zero-order valence-electron chi connectivity index (χ0n) is 15.5. The van der Waals surface area contributed by atoms with Crippen molar-refractivity contribution in [1.82, 2.24) is 5.32 Å². The lowest BCUT2D eigenvalue weighted by molar-refractivity contribution is -0.138. The molecule has 0 aromatic heterocycles. The predicted octanol–water partition coefficient (Wildman–Crippen LogP) is 3.10. The van der Waals surface area contributed by atoms with Gasteiger partial charge in [0.15, 0.2) is 17.3 Å². The van der Waals surface area contributed by atoms with Crippen LogP contribution in [0.2, 0.25) is 0 Å². The second kappa shape index (κ2) is 7.70. The summed E-state index contributed by atoms with van der Waals surface area (Å²) in [5.41, 5.74) is 3.18. The minimum Gasteiger partial charge on any atom is -0.504 e. The molecule has 0 fully saturated rings. The molecule has 1 aromatic carbocycles. The van der Waals surface area contributed by atoms with E-state index in [1.54, 1.807) is 19.1 Å². The topological polar surface area (TPSA) is 84.9 Å². The Bertz CT molecular complexity index is 865. The van der Waals surface area contributed by atoms with E-state index in [2.05, 4.69) is 11.9 Å². The van der Waals surface area contributed by atoms with Crippen LogP contribution < -0.4 is 10.1 Å². The monoisotopic (exact) mass is 369 g/mol. The largest absolute Gasteiger partial charge is 0.504 e. The summed E-state index contributed by atoms with van der Waals surface area (Å²) in [6, 6.07) is 4.87. The number of ether oxygens (including phenoxy) is 2. The molecule has 0 bridgehead atoms. The maximum Gasteiger partial charge on any atom is 0.337 e. The Kier molecular flexibility index (Phi) is 5.35. The number of carbonyl (C=O) groups is 2. The van der Waals surface area contributed by atoms with Gasteiger partial charge in [-0.15, -0.1) is 0 Å². The van der Waals surface area contributed by atoms with Crippen LogP contribution in [0.1, 0.15) is 37.7 Å². The van der Waals surface area contributed by atoms with Crippen LogP contribution in [0, 0.1) is 0 Å². The van der Waals surface area contributed by atoms with E-state index in [9.17, 15) is 14.7 Å². The van der Waals surface area contributed by atoms with E-state index >= 15 is 0 Å². The van der Waals surface area contributed by atoms with Gasteiger partial charge in [0.1, 0.15) is 6.61 Å². The molecule has 2 aliphatic rings. The van der Waals surface area contributed by atoms with E-state index < -0.39 is 11.9 Å². The molecule has 2 N–H and O–H groups in total. The zero-order chi connectivity index (χ0) is 19.6. The van der Waals surface area contributed by atoms with Crippen molar-refractivity contribution >= 4 is 11.8 Å². The molecule has 27 heavy (non-hydrogen) atoms. The van der Waals surface area contributed by atoms with Crippen LogP contribution in [0.15, 0.2) is 53.4 Å². The molecule has 1 aromatic rings. The second-order valence-electron chi connectivity index (χ2n) is 6.58. The Labute approximate surface area is 158 Å². The molecule has 6 nitrogen and oxygen atoms in total. The molecular formula is C21H23NO5. The van der Waals surface area contributed by atoms with E-state index in [4.69, 9.17) is 9.47 Å². The quantitative estimate of drug-likeness (QED) is 0.613. The highest BCUT2D eigenvalue weighted by Crippen LogP contribution is 2.44. The van der Waals surface area contributed by atoms with Crippen molar-refractivity contribution in [2.45, 2.75) is 32.1 Å². The van der Waals surface area contributed by atoms with Crippen molar-refractivity contribution in [3.8, 4) is 11.5 Å². The average Bonchev–Trinajstić information content (AvgIpc) is 2.65. The molecule has 0 radical (unpaired) electrons. The van der Waals surface area contributed by atoms with Gasteiger partial charge in [-0.3, -0.25) is 4.79 Å². The number of phenolic OH excluding ortho intramolecular Hbond substituents is 1. The first-order valence-electron chi connectivity index (χ1n) is 8.86. The fourth-order valence-electron chi connectivity index (χ4n) is 3.67. The fourth-order valence-corrected chi connectivity index (χ4v) is 3.67. The predicted molar refractivity (Wildman–Crippen MR) is 100 cm³/mol. The van der Waals surface area contributed by atoms with Crippen LogP contribution in [-0.4, -0.2) is 30.6 Å². The van der Waals surface area contributed by atoms with E-state index in [1.807, 2.05) is 0 Å². The van der Waals surface area contributed by atoms with Crippen LogP contribution in [0.5, 0.6) is 11.5 Å². The Balaban J connectivity index is 2.15. The van der Waals surface area contributed by atoms with E-state index in [1.165, 1.54) is 19.3 Å². The number of hydrogen-bond donors (Lipinski definition) is 2. The molecule has 0 amide bonds. The van der Waals surface area contributed by atoms with Gasteiger partial charge in [-0.2, -0.15) is 0 Å². The summed E-state index contributed by atoms with van der Waals surface area (Å²) in [4.78, 5) is 25.5. The summed E-state index contributed by atoms with van der Waals surface area (Å²) in [6.07, 6.45) is 3.47. The Hall–Kier alpha value is -3.02. The van der Waals surface area contributed by atoms with Gasteiger partial charge in [-0.05, 0) is 37.5 Å². The molecule has 1 atom stereocenters. The number of carbonyl (C=O) groups excluding carboxylic acids is 2. The Morgan fingerprint density at radius 2 is 2.19 bits per heavy atom. The molecule has 1 aliphatic heterocycles. The van der Waals surface area contributed by atoms with E-state index in [0.29, 0.717) is 28.8 Å². The van der Waals surface area contributed by atoms with Crippen LogP contribution in [0.4, 0.5) is 0 Å². The molecule has 1 heterocycles. The van der Waals surface area contributed by atoms with Gasteiger partial charge < -0.3 is 19.9 Å². The highest BCUT2D eigenvalue weighted by atomic mass is 16.5. The van der Waals surface area contributed by atoms with Crippen molar-refractivity contribution in [1.29, 1.82) is 0 Å². The Morgan fingerprint density at radius 3 is 2.89 bits per heavy atom. The number of dihydropyridines is 1. The molecule has 0 spiro atoms. The van der Waals surface area contributed by atoms with Gasteiger partial charge >= 0.3 is 5.97 Å². The standard InChI is InChI=1S/C21H23NO5/c1-4-10-27-21(25)18-12(2)22-14-6-5-7-16(24)20(14)19(18)13-8-9-15(23)17(11-13)26-3/h4,8-9,11,19,22-23H,1,5-7,10H2,2-3H3/t19-/m0/s1. The highest BCUT2D eigenvalue weighted by Gasteiger charge is 2.39. The van der Waals surface area contributed by atoms with Crippen molar-refractivity contribution in [3.63, 3.8) is 0 Å². The van der Waals surface area contributed by atoms with Crippen molar-refractivity contribution < 1.29 is 24.2 Å². The number of rotatable bonds is 5. The zero-order valence-corrected chi connectivity index (χ0v) is 15.5. The number of ketones is 1. The first kappa shape index (κ1) is 18.8. The third kappa shape index (κ3) is 3.47. The van der Waals surface area contributed by atoms with Crippen molar-refractivity contribution in [2.75, 3.05) is 13.7 Å². The minimum atomic E-state index is -0.569. The lowest BCUT2D eigenvalue weighted by Gasteiger charge is -2.34. The second-order valence-corrected chi connectivity index (χ2v) is 6.58. The summed E-state index contributed by atoms with van der Waals surface area (Å²) < 4.78 is 10.5. The summed E-state index contributed by atoms with van der Waals surface area (Å²) in [6.45, 7) is 5.46. The van der Waals surface area contributed by atoms with Crippen LogP contribution in [-0.2, 0) is 14.3 Å². The van der Waals surface area contributed by atoms with Gasteiger partial charge in [-0.25, -0.2) is 4.79 Å². The number of aromatic hydroxyl groups is 1. The molecule has 0 saturated carbocycles. The summed E-state index contributed by atoms with van der Waals surface area (Å²) in [7, 11) is 1.46. The highest BCUT2D eigenvalue weighted by molar-refractivity contribution is 6.03. The third-order valence-electron chi connectivity index (χ3n) is 4.87. The number of phenols is 1. The van der Waals surface area contributed by atoms with Crippen LogP contribution >= 0.6 is 0 Å². The number of allylic oxidation sites excluding steroid dienone is 3. The smallest absolute Gasteiger partial charge is 0.337 e. The minimum absolute atomic E-state index is 0.00385. The lowest BCUT2D eigenvalue weighted by Crippen LogP contribution is -2.34. The van der Waals surface area contributed by atoms with Gasteiger partial charge in [0.05, 0.1) is 12.7 Å². The van der Waals surface area contributed by atoms with Gasteiger partial charge in [0.2, 0.25) is 0 Å². The molecule has 3 rings (SSSR count). The summed E-state index contributed by atoms with van der Waals surface area (Å²) in [5.74, 6) is -0.770. The number of methoxy groups -OCH3 is 1. The average molecular weight is 369 g/mol. The van der Waals surface area contributed by atoms with E-state index in [-0.39, 0.29) is 23.9 Å². The number of hydrogen-bond acceptors (Lipinski definition) is 6. The number of benzene rings is 1. The fraction of sp³-hybridized carbons (Fsp3) is 0.333. The molecular weight excluding hydrogens is 346 g/mol. The SMILES string of the molecule is C=CCOC(=O)C1=C(C)NC2=C(C(=O)CCC2)[C@H]1c1ccc(O)c(OC)c1. The van der Waals surface area contributed by atoms with Gasteiger partial charge in [0, 0.05) is 29.3 Å². The van der Waals surface area contributed by atoms with E-state index in [0.717, 1.165) is 18.5 Å². The van der Waals surface area contributed by atoms with Crippen LogP contribution in [0.25, 0.3) is 0 Å². The van der Waals surface area contributed by atoms with Crippen molar-refractivity contribution in [3.05, 3.63) is 59.0 Å². The molecule has 0 unspecified atom stereocenters. The Morgan fingerprint density at radius 1 is 1.41 bits per heavy atom. The number of Topliss-reactive ketones (excluding diaryl/α,β-unsaturated/α-hetero) is 1. The maximum absolute atomic E-state index is 12.8. The first-order valence-corrected chi connectivity index (χ1v) is 8.86. The third-order valence-corrected chi connectivity index (χ3v) is 4.87. The van der Waals surface area contributed by atoms with Gasteiger partial charge in [0.25, 0.3) is 0 Å². The number of esters is 1. The molecule has 6 heteroatoms. The molecule has 1 aliphatic carbocycles.